The van der Waals surface area contributed by atoms with Crippen LogP contribution in [0.2, 0.25) is 5.02 Å². The van der Waals surface area contributed by atoms with Crippen molar-refractivity contribution in [1.29, 1.82) is 0 Å². The number of benzene rings is 1. The van der Waals surface area contributed by atoms with Gasteiger partial charge in [0.25, 0.3) is 0 Å². The standard InChI is InChI=1S/C17H24ClN3O2/c1-11(2)21(12(3)4)17(23)19-14-9-16(22)20(10-14)15-7-5-13(18)6-8-15/h5-8,11-12,14H,9-10H2,1-4H3,(H,19,23)/t14-/m0/s1. The first-order valence-electron chi connectivity index (χ1n) is 7.94. The quantitative estimate of drug-likeness (QED) is 0.916. The summed E-state index contributed by atoms with van der Waals surface area (Å²) in [6.07, 6.45) is 0.318. The summed E-state index contributed by atoms with van der Waals surface area (Å²) in [6, 6.07) is 7.08. The molecule has 23 heavy (non-hydrogen) atoms. The Morgan fingerprint density at radius 3 is 2.30 bits per heavy atom. The molecule has 1 fully saturated rings. The molecular formula is C17H24ClN3O2. The molecule has 2 rings (SSSR count). The molecule has 1 aliphatic rings. The summed E-state index contributed by atoms with van der Waals surface area (Å²) in [7, 11) is 0. The minimum atomic E-state index is -0.175. The number of nitrogens with zero attached hydrogens (tertiary/aromatic N) is 2. The highest BCUT2D eigenvalue weighted by Gasteiger charge is 2.33. The van der Waals surface area contributed by atoms with Crippen molar-refractivity contribution in [3.63, 3.8) is 0 Å². The average Bonchev–Trinajstić information content (AvgIpc) is 2.79. The number of halogens is 1. The number of amides is 3. The van der Waals surface area contributed by atoms with Gasteiger partial charge in [-0.3, -0.25) is 4.79 Å². The second kappa shape index (κ2) is 7.21. The van der Waals surface area contributed by atoms with Gasteiger partial charge in [0, 0.05) is 35.8 Å². The number of carbonyl (C=O) groups is 2. The van der Waals surface area contributed by atoms with Crippen LogP contribution in [0.4, 0.5) is 10.5 Å². The molecular weight excluding hydrogens is 314 g/mol. The predicted molar refractivity (Wildman–Crippen MR) is 92.9 cm³/mol. The molecule has 126 valence electrons. The Kier molecular flexibility index (Phi) is 5.52. The van der Waals surface area contributed by atoms with Crippen molar-refractivity contribution in [2.45, 2.75) is 52.2 Å². The van der Waals surface area contributed by atoms with Crippen molar-refractivity contribution < 1.29 is 9.59 Å². The highest BCUT2D eigenvalue weighted by Crippen LogP contribution is 2.23. The molecule has 5 nitrogen and oxygen atoms in total. The fraction of sp³-hybridized carbons (Fsp3) is 0.529. The van der Waals surface area contributed by atoms with Gasteiger partial charge in [0.1, 0.15) is 0 Å². The smallest absolute Gasteiger partial charge is 0.318 e. The number of rotatable bonds is 4. The molecule has 1 aromatic rings. The van der Waals surface area contributed by atoms with Crippen molar-refractivity contribution in [3.8, 4) is 0 Å². The van der Waals surface area contributed by atoms with Crippen LogP contribution in [0.15, 0.2) is 24.3 Å². The highest BCUT2D eigenvalue weighted by molar-refractivity contribution is 6.30. The van der Waals surface area contributed by atoms with Crippen LogP contribution < -0.4 is 10.2 Å². The molecule has 1 aromatic carbocycles. The number of anilines is 1. The zero-order valence-corrected chi connectivity index (χ0v) is 14.8. The van der Waals surface area contributed by atoms with E-state index in [-0.39, 0.29) is 30.1 Å². The lowest BCUT2D eigenvalue weighted by Gasteiger charge is -2.32. The van der Waals surface area contributed by atoms with E-state index < -0.39 is 0 Å². The van der Waals surface area contributed by atoms with Crippen LogP contribution in [0.3, 0.4) is 0 Å². The zero-order chi connectivity index (χ0) is 17.1. The van der Waals surface area contributed by atoms with Crippen LogP contribution in [0.25, 0.3) is 0 Å². The van der Waals surface area contributed by atoms with Crippen LogP contribution in [0.1, 0.15) is 34.1 Å². The Balaban J connectivity index is 2.02. The van der Waals surface area contributed by atoms with E-state index in [1.165, 1.54) is 0 Å². The zero-order valence-electron chi connectivity index (χ0n) is 14.0. The first-order valence-corrected chi connectivity index (χ1v) is 8.32. The van der Waals surface area contributed by atoms with Gasteiger partial charge < -0.3 is 15.1 Å². The van der Waals surface area contributed by atoms with Gasteiger partial charge in [-0.1, -0.05) is 11.6 Å². The van der Waals surface area contributed by atoms with Gasteiger partial charge in [-0.15, -0.1) is 0 Å². The van der Waals surface area contributed by atoms with Crippen LogP contribution in [0.5, 0.6) is 0 Å². The van der Waals surface area contributed by atoms with Gasteiger partial charge in [-0.2, -0.15) is 0 Å². The van der Waals surface area contributed by atoms with Crippen LogP contribution in [-0.4, -0.2) is 41.5 Å². The summed E-state index contributed by atoms with van der Waals surface area (Å²) < 4.78 is 0. The van der Waals surface area contributed by atoms with Crippen molar-refractivity contribution >= 4 is 29.2 Å². The molecule has 1 saturated heterocycles. The molecule has 0 aliphatic carbocycles. The Hall–Kier alpha value is -1.75. The third kappa shape index (κ3) is 4.16. The lowest BCUT2D eigenvalue weighted by Crippen LogP contribution is -2.51. The second-order valence-corrected chi connectivity index (χ2v) is 6.86. The predicted octanol–water partition coefficient (Wildman–Crippen LogP) is 3.27. The number of carbonyl (C=O) groups excluding carboxylic acids is 2. The summed E-state index contributed by atoms with van der Waals surface area (Å²) in [5.74, 6) is 0.0123. The molecule has 0 radical (unpaired) electrons. The van der Waals surface area contributed by atoms with E-state index in [9.17, 15) is 9.59 Å². The van der Waals surface area contributed by atoms with Crippen LogP contribution >= 0.6 is 11.6 Å². The normalized spacial score (nSPS) is 18.0. The molecule has 0 saturated carbocycles. The lowest BCUT2D eigenvalue weighted by molar-refractivity contribution is -0.117. The first kappa shape index (κ1) is 17.6. The summed E-state index contributed by atoms with van der Waals surface area (Å²) in [5.41, 5.74) is 0.806. The minimum absolute atomic E-state index is 0.0123. The summed E-state index contributed by atoms with van der Waals surface area (Å²) in [6.45, 7) is 8.42. The molecule has 1 N–H and O–H groups in total. The minimum Gasteiger partial charge on any atom is -0.333 e. The lowest BCUT2D eigenvalue weighted by atomic mass is 10.2. The molecule has 1 atom stereocenters. The monoisotopic (exact) mass is 337 g/mol. The fourth-order valence-corrected chi connectivity index (χ4v) is 3.12. The maximum absolute atomic E-state index is 12.4. The number of urea groups is 1. The van der Waals surface area contributed by atoms with E-state index in [4.69, 9.17) is 11.6 Å². The van der Waals surface area contributed by atoms with E-state index in [1.807, 2.05) is 39.8 Å². The largest absolute Gasteiger partial charge is 0.333 e. The van der Waals surface area contributed by atoms with E-state index >= 15 is 0 Å². The Morgan fingerprint density at radius 2 is 1.78 bits per heavy atom. The number of hydrogen-bond donors (Lipinski definition) is 1. The summed E-state index contributed by atoms with van der Waals surface area (Å²) in [4.78, 5) is 28.1. The van der Waals surface area contributed by atoms with Crippen LogP contribution in [0, 0.1) is 0 Å². The van der Waals surface area contributed by atoms with E-state index in [0.717, 1.165) is 5.69 Å². The van der Waals surface area contributed by atoms with Gasteiger partial charge in [0.15, 0.2) is 0 Å². The van der Waals surface area contributed by atoms with Crippen molar-refractivity contribution in [2.24, 2.45) is 0 Å². The van der Waals surface area contributed by atoms with Crippen molar-refractivity contribution in [1.82, 2.24) is 10.2 Å². The first-order chi connectivity index (χ1) is 10.8. The summed E-state index contributed by atoms with van der Waals surface area (Å²) in [5, 5.41) is 3.62. The topological polar surface area (TPSA) is 52.7 Å². The van der Waals surface area contributed by atoms with Gasteiger partial charge in [-0.25, -0.2) is 4.79 Å². The van der Waals surface area contributed by atoms with E-state index in [2.05, 4.69) is 5.32 Å². The van der Waals surface area contributed by atoms with Gasteiger partial charge in [-0.05, 0) is 52.0 Å². The Bertz CT molecular complexity index is 564. The average molecular weight is 338 g/mol. The number of hydrogen-bond acceptors (Lipinski definition) is 2. The maximum atomic E-state index is 12.4. The Morgan fingerprint density at radius 1 is 1.22 bits per heavy atom. The molecule has 0 spiro atoms. The maximum Gasteiger partial charge on any atom is 0.318 e. The molecule has 1 aliphatic heterocycles. The molecule has 0 aromatic heterocycles. The second-order valence-electron chi connectivity index (χ2n) is 6.43. The van der Waals surface area contributed by atoms with E-state index in [0.29, 0.717) is 18.0 Å². The van der Waals surface area contributed by atoms with Gasteiger partial charge in [0.2, 0.25) is 5.91 Å². The van der Waals surface area contributed by atoms with Crippen molar-refractivity contribution in [2.75, 3.05) is 11.4 Å². The van der Waals surface area contributed by atoms with Crippen LogP contribution in [-0.2, 0) is 4.79 Å². The van der Waals surface area contributed by atoms with Gasteiger partial charge >= 0.3 is 6.03 Å². The molecule has 6 heteroatoms. The highest BCUT2D eigenvalue weighted by atomic mass is 35.5. The molecule has 3 amide bonds. The molecule has 0 unspecified atom stereocenters. The van der Waals surface area contributed by atoms with E-state index in [1.54, 1.807) is 21.9 Å². The molecule has 0 bridgehead atoms. The van der Waals surface area contributed by atoms with Crippen molar-refractivity contribution in [3.05, 3.63) is 29.3 Å². The molecule has 1 heterocycles. The Labute approximate surface area is 142 Å². The summed E-state index contributed by atoms with van der Waals surface area (Å²) >= 11 is 5.88. The van der Waals surface area contributed by atoms with Gasteiger partial charge in [0.05, 0.1) is 6.04 Å². The fourth-order valence-electron chi connectivity index (χ4n) is 2.99. The third-order valence-electron chi connectivity index (χ3n) is 3.94. The third-order valence-corrected chi connectivity index (χ3v) is 4.19. The number of nitrogens with one attached hydrogen (secondary N) is 1. The SMILES string of the molecule is CC(C)N(C(=O)N[C@H]1CC(=O)N(c2ccc(Cl)cc2)C1)C(C)C.